The van der Waals surface area contributed by atoms with Gasteiger partial charge in [-0.15, -0.1) is 0 Å². The highest BCUT2D eigenvalue weighted by Crippen LogP contribution is 2.32. The van der Waals surface area contributed by atoms with Crippen molar-refractivity contribution in [3.8, 4) is 0 Å². The van der Waals surface area contributed by atoms with Gasteiger partial charge >= 0.3 is 5.97 Å². The number of ketones is 1. The summed E-state index contributed by atoms with van der Waals surface area (Å²) in [5.41, 5.74) is 0.207. The monoisotopic (exact) mass is 275 g/mol. The van der Waals surface area contributed by atoms with E-state index in [0.717, 1.165) is 6.54 Å². The summed E-state index contributed by atoms with van der Waals surface area (Å²) in [5.74, 6) is -0.390. The molecule has 0 amide bonds. The second kappa shape index (κ2) is 6.18. The Balaban J connectivity index is 2.15. The molecule has 0 saturated carbocycles. The fraction of sp³-hybridized carbons (Fsp3) is 0.500. The Morgan fingerprint density at radius 3 is 2.65 bits per heavy atom. The number of methoxy groups -OCH3 is 1. The van der Waals surface area contributed by atoms with E-state index in [9.17, 15) is 9.59 Å². The summed E-state index contributed by atoms with van der Waals surface area (Å²) in [4.78, 5) is 26.4. The zero-order chi connectivity index (χ0) is 14.6. The molecule has 0 aromatic heterocycles. The Bertz CT molecular complexity index is 476. The van der Waals surface area contributed by atoms with Gasteiger partial charge in [0.2, 0.25) is 0 Å². The maximum atomic E-state index is 12.2. The predicted molar refractivity (Wildman–Crippen MR) is 76.1 cm³/mol. The van der Waals surface area contributed by atoms with Crippen LogP contribution >= 0.6 is 0 Å². The normalized spacial score (nSPS) is 23.6. The first-order valence-corrected chi connectivity index (χ1v) is 7.00. The summed E-state index contributed by atoms with van der Waals surface area (Å²) < 4.78 is 4.87. The summed E-state index contributed by atoms with van der Waals surface area (Å²) in [6.45, 7) is 3.78. The Morgan fingerprint density at radius 2 is 2.05 bits per heavy atom. The SMILES string of the molecule is CCC1(C(=O)OC)CN(Cc2ccccc2)CCC1=O. The maximum absolute atomic E-state index is 12.2. The van der Waals surface area contributed by atoms with Crippen LogP contribution < -0.4 is 0 Å². The molecule has 1 aliphatic rings. The van der Waals surface area contributed by atoms with Crippen LogP contribution in [0.3, 0.4) is 0 Å². The van der Waals surface area contributed by atoms with Crippen molar-refractivity contribution in [2.24, 2.45) is 5.41 Å². The lowest BCUT2D eigenvalue weighted by Gasteiger charge is -2.38. The van der Waals surface area contributed by atoms with E-state index in [-0.39, 0.29) is 5.78 Å². The molecule has 0 bridgehead atoms. The zero-order valence-corrected chi connectivity index (χ0v) is 12.1. The number of carbonyl (C=O) groups excluding carboxylic acids is 2. The summed E-state index contributed by atoms with van der Waals surface area (Å²) in [5, 5.41) is 0. The Kier molecular flexibility index (Phi) is 4.55. The molecule has 20 heavy (non-hydrogen) atoms. The minimum Gasteiger partial charge on any atom is -0.468 e. The number of carbonyl (C=O) groups is 2. The topological polar surface area (TPSA) is 46.6 Å². The highest BCUT2D eigenvalue weighted by molar-refractivity contribution is 6.04. The van der Waals surface area contributed by atoms with E-state index in [1.807, 2.05) is 25.1 Å². The molecular weight excluding hydrogens is 254 g/mol. The van der Waals surface area contributed by atoms with E-state index in [4.69, 9.17) is 4.74 Å². The van der Waals surface area contributed by atoms with Crippen molar-refractivity contribution in [1.29, 1.82) is 0 Å². The van der Waals surface area contributed by atoms with Crippen molar-refractivity contribution in [3.05, 3.63) is 35.9 Å². The summed E-state index contributed by atoms with van der Waals surface area (Å²) in [6.07, 6.45) is 0.902. The van der Waals surface area contributed by atoms with Crippen LogP contribution in [0.2, 0.25) is 0 Å². The summed E-state index contributed by atoms with van der Waals surface area (Å²) >= 11 is 0. The Hall–Kier alpha value is -1.68. The van der Waals surface area contributed by atoms with E-state index in [1.165, 1.54) is 12.7 Å². The molecule has 1 saturated heterocycles. The molecule has 1 heterocycles. The number of nitrogens with zero attached hydrogens (tertiary/aromatic N) is 1. The van der Waals surface area contributed by atoms with Gasteiger partial charge in [0.1, 0.15) is 5.41 Å². The summed E-state index contributed by atoms with van der Waals surface area (Å²) in [7, 11) is 1.35. The smallest absolute Gasteiger partial charge is 0.320 e. The number of esters is 1. The van der Waals surface area contributed by atoms with Gasteiger partial charge in [0, 0.05) is 26.1 Å². The fourth-order valence-electron chi connectivity index (χ4n) is 2.85. The fourth-order valence-corrected chi connectivity index (χ4v) is 2.85. The van der Waals surface area contributed by atoms with Gasteiger partial charge in [-0.3, -0.25) is 14.5 Å². The molecule has 0 spiro atoms. The van der Waals surface area contributed by atoms with Gasteiger partial charge in [-0.05, 0) is 12.0 Å². The van der Waals surface area contributed by atoms with Crippen molar-refractivity contribution >= 4 is 11.8 Å². The number of ether oxygens (including phenoxy) is 1. The molecule has 1 aromatic rings. The van der Waals surface area contributed by atoms with Crippen LogP contribution in [0.25, 0.3) is 0 Å². The zero-order valence-electron chi connectivity index (χ0n) is 12.1. The van der Waals surface area contributed by atoms with Crippen LogP contribution in [-0.4, -0.2) is 36.9 Å². The minimum atomic E-state index is -0.984. The van der Waals surface area contributed by atoms with E-state index >= 15 is 0 Å². The average molecular weight is 275 g/mol. The molecule has 0 N–H and O–H groups in total. The van der Waals surface area contributed by atoms with Crippen LogP contribution in [0.5, 0.6) is 0 Å². The average Bonchev–Trinajstić information content (AvgIpc) is 2.49. The van der Waals surface area contributed by atoms with Crippen molar-refractivity contribution < 1.29 is 14.3 Å². The second-order valence-corrected chi connectivity index (χ2v) is 5.30. The quantitative estimate of drug-likeness (QED) is 0.623. The number of benzene rings is 1. The Morgan fingerprint density at radius 1 is 1.35 bits per heavy atom. The molecular formula is C16H21NO3. The Labute approximate surface area is 119 Å². The molecule has 1 aliphatic heterocycles. The molecule has 4 heteroatoms. The van der Waals surface area contributed by atoms with Crippen LogP contribution in [0, 0.1) is 5.41 Å². The molecule has 4 nitrogen and oxygen atoms in total. The maximum Gasteiger partial charge on any atom is 0.320 e. The van der Waals surface area contributed by atoms with Crippen LogP contribution in [0.15, 0.2) is 30.3 Å². The van der Waals surface area contributed by atoms with Gasteiger partial charge in [0.25, 0.3) is 0 Å². The van der Waals surface area contributed by atoms with E-state index in [0.29, 0.717) is 25.9 Å². The predicted octanol–water partition coefficient (Wildman–Crippen LogP) is 2.03. The first kappa shape index (κ1) is 14.7. The number of rotatable bonds is 4. The van der Waals surface area contributed by atoms with Crippen LogP contribution in [0.4, 0.5) is 0 Å². The molecule has 2 rings (SSSR count). The molecule has 1 unspecified atom stereocenters. The van der Waals surface area contributed by atoms with E-state index < -0.39 is 11.4 Å². The van der Waals surface area contributed by atoms with Gasteiger partial charge in [0.05, 0.1) is 7.11 Å². The second-order valence-electron chi connectivity index (χ2n) is 5.30. The molecule has 108 valence electrons. The highest BCUT2D eigenvalue weighted by atomic mass is 16.5. The molecule has 1 fully saturated rings. The highest BCUT2D eigenvalue weighted by Gasteiger charge is 2.48. The first-order valence-electron chi connectivity index (χ1n) is 7.00. The molecule has 0 aliphatic carbocycles. The summed E-state index contributed by atoms with van der Waals surface area (Å²) in [6, 6.07) is 10.1. The standard InChI is InChI=1S/C16H21NO3/c1-3-16(15(19)20-2)12-17(10-9-14(16)18)11-13-7-5-4-6-8-13/h4-8H,3,9-12H2,1-2H3. The lowest BCUT2D eigenvalue weighted by atomic mass is 9.76. The van der Waals surface area contributed by atoms with E-state index in [2.05, 4.69) is 17.0 Å². The lowest BCUT2D eigenvalue weighted by Crippen LogP contribution is -2.53. The van der Waals surface area contributed by atoms with Crippen molar-refractivity contribution in [3.63, 3.8) is 0 Å². The van der Waals surface area contributed by atoms with Gasteiger partial charge in [-0.2, -0.15) is 0 Å². The van der Waals surface area contributed by atoms with Gasteiger partial charge in [0.15, 0.2) is 5.78 Å². The van der Waals surface area contributed by atoms with E-state index in [1.54, 1.807) is 0 Å². The number of hydrogen-bond donors (Lipinski definition) is 0. The van der Waals surface area contributed by atoms with Gasteiger partial charge in [-0.1, -0.05) is 37.3 Å². The molecule has 1 aromatic carbocycles. The van der Waals surface area contributed by atoms with Gasteiger partial charge < -0.3 is 4.74 Å². The van der Waals surface area contributed by atoms with Crippen LogP contribution in [0.1, 0.15) is 25.3 Å². The van der Waals surface area contributed by atoms with Crippen molar-refractivity contribution in [2.75, 3.05) is 20.2 Å². The number of piperidine rings is 1. The number of hydrogen-bond acceptors (Lipinski definition) is 4. The van der Waals surface area contributed by atoms with Crippen molar-refractivity contribution in [2.45, 2.75) is 26.3 Å². The number of Topliss-reactive ketones (excluding diaryl/α,β-unsaturated/α-hetero) is 1. The third-order valence-electron chi connectivity index (χ3n) is 4.11. The number of likely N-dealkylation sites (tertiary alicyclic amines) is 1. The molecule has 0 radical (unpaired) electrons. The largest absolute Gasteiger partial charge is 0.468 e. The third kappa shape index (κ3) is 2.75. The van der Waals surface area contributed by atoms with Gasteiger partial charge in [-0.25, -0.2) is 0 Å². The first-order chi connectivity index (χ1) is 9.62. The van der Waals surface area contributed by atoms with Crippen LogP contribution in [-0.2, 0) is 20.9 Å². The van der Waals surface area contributed by atoms with Crippen molar-refractivity contribution in [1.82, 2.24) is 4.90 Å². The molecule has 1 atom stereocenters. The lowest BCUT2D eigenvalue weighted by molar-refractivity contribution is -0.162. The minimum absolute atomic E-state index is 0.0103. The third-order valence-corrected chi connectivity index (χ3v) is 4.11.